The average molecular weight is 1000 g/mol. The van der Waals surface area contributed by atoms with E-state index in [0.717, 1.165) is 73.4 Å². The highest BCUT2D eigenvalue weighted by Gasteiger charge is 2.55. The Bertz CT molecular complexity index is 4130. The number of terminal acetylenes is 1. The Balaban J connectivity index is 0.802. The second kappa shape index (κ2) is 17.8. The maximum absolute atomic E-state index is 5.88. The summed E-state index contributed by atoms with van der Waals surface area (Å²) in [5.74, 6) is 2.80. The largest absolute Gasteiger partial charge is 0.311 e. The Labute approximate surface area is 460 Å². The monoisotopic (exact) mass is 1000 g/mol. The van der Waals surface area contributed by atoms with Gasteiger partial charge in [-0.2, -0.15) is 0 Å². The molecule has 2 unspecified atom stereocenters. The second-order valence-electron chi connectivity index (χ2n) is 22.6. The van der Waals surface area contributed by atoms with E-state index in [1.807, 2.05) is 6.08 Å². The van der Waals surface area contributed by atoms with Crippen LogP contribution in [0.3, 0.4) is 0 Å². The molecule has 2 atom stereocenters. The third-order valence-corrected chi connectivity index (χ3v) is 18.5. The zero-order chi connectivity index (χ0) is 52.3. The van der Waals surface area contributed by atoms with E-state index in [9.17, 15) is 0 Å². The van der Waals surface area contributed by atoms with Crippen molar-refractivity contribution < 1.29 is 0 Å². The average Bonchev–Trinajstić information content (AvgIpc) is 4.42. The summed E-state index contributed by atoms with van der Waals surface area (Å²) in [5.41, 5.74) is 33.9. The molecule has 374 valence electrons. The molecule has 2 heteroatoms. The van der Waals surface area contributed by atoms with Crippen molar-refractivity contribution in [2.24, 2.45) is 0 Å². The van der Waals surface area contributed by atoms with Crippen LogP contribution in [0.15, 0.2) is 280 Å². The molecule has 0 aromatic heterocycles. The van der Waals surface area contributed by atoms with Crippen molar-refractivity contribution in [1.82, 2.24) is 0 Å². The van der Waals surface area contributed by atoms with Gasteiger partial charge in [0.05, 0.1) is 10.8 Å². The predicted molar refractivity (Wildman–Crippen MR) is 326 cm³/mol. The number of hydrogen-bond acceptors (Lipinski definition) is 2. The zero-order valence-electron chi connectivity index (χ0n) is 44.7. The van der Waals surface area contributed by atoms with E-state index >= 15 is 0 Å². The minimum atomic E-state index is -0.408. The second-order valence-corrected chi connectivity index (χ2v) is 22.6. The molecule has 8 aliphatic rings. The minimum Gasteiger partial charge on any atom is -0.311 e. The number of fused-ring (bicyclic) bond motifs is 14. The molecule has 7 aromatic carbocycles. The van der Waals surface area contributed by atoms with Gasteiger partial charge in [-0.3, -0.25) is 0 Å². The molecule has 7 aromatic rings. The van der Waals surface area contributed by atoms with Crippen LogP contribution in [0.4, 0.5) is 28.4 Å². The van der Waals surface area contributed by atoms with Crippen LogP contribution in [-0.4, -0.2) is 0 Å². The third-order valence-electron chi connectivity index (χ3n) is 18.5. The van der Waals surface area contributed by atoms with Gasteiger partial charge in [0.2, 0.25) is 0 Å². The number of rotatable bonds is 8. The van der Waals surface area contributed by atoms with Crippen LogP contribution < -0.4 is 9.80 Å². The summed E-state index contributed by atoms with van der Waals surface area (Å²) >= 11 is 0. The maximum atomic E-state index is 5.88. The number of nitrogens with zero attached hydrogens (tertiary/aromatic N) is 2. The Morgan fingerprint density at radius 2 is 1.03 bits per heavy atom. The molecule has 0 bridgehead atoms. The number of hydrogen-bond donors (Lipinski definition) is 0. The lowest BCUT2D eigenvalue weighted by Crippen LogP contribution is -2.28. The summed E-state index contributed by atoms with van der Waals surface area (Å²) in [6, 6.07) is 62.1. The first-order chi connectivity index (χ1) is 38.4. The molecule has 15 rings (SSSR count). The highest BCUT2D eigenvalue weighted by Crippen LogP contribution is 2.66. The molecule has 2 spiro atoms. The van der Waals surface area contributed by atoms with Gasteiger partial charge < -0.3 is 9.80 Å². The minimum absolute atomic E-state index is 0.297. The van der Waals surface area contributed by atoms with Crippen LogP contribution >= 0.6 is 0 Å². The molecular formula is C76H60N2. The fraction of sp³-hybridized carbons (Fsp3) is 0.158. The Hall–Kier alpha value is -8.90. The number of anilines is 5. The molecule has 78 heavy (non-hydrogen) atoms. The van der Waals surface area contributed by atoms with Crippen molar-refractivity contribution in [3.63, 3.8) is 0 Å². The highest BCUT2D eigenvalue weighted by atomic mass is 15.2. The van der Waals surface area contributed by atoms with Crippen LogP contribution in [0, 0.1) is 12.3 Å². The molecule has 0 aliphatic heterocycles. The van der Waals surface area contributed by atoms with E-state index < -0.39 is 5.41 Å². The quantitative estimate of drug-likeness (QED) is 0.140. The van der Waals surface area contributed by atoms with Crippen LogP contribution in [-0.2, 0) is 10.8 Å². The molecule has 8 aliphatic carbocycles. The van der Waals surface area contributed by atoms with Crippen LogP contribution in [0.1, 0.15) is 88.0 Å². The van der Waals surface area contributed by atoms with Crippen LogP contribution in [0.5, 0.6) is 0 Å². The van der Waals surface area contributed by atoms with Crippen molar-refractivity contribution in [2.45, 2.75) is 76.5 Å². The van der Waals surface area contributed by atoms with Gasteiger partial charge >= 0.3 is 0 Å². The van der Waals surface area contributed by atoms with E-state index in [-0.39, 0.29) is 5.41 Å². The fourth-order valence-corrected chi connectivity index (χ4v) is 15.2. The number of para-hydroxylation sites is 1. The summed E-state index contributed by atoms with van der Waals surface area (Å²) in [6.07, 6.45) is 34.2. The highest BCUT2D eigenvalue weighted by molar-refractivity contribution is 5.94. The Kier molecular flexibility index (Phi) is 10.6. The van der Waals surface area contributed by atoms with Crippen molar-refractivity contribution in [3.05, 3.63) is 302 Å². The van der Waals surface area contributed by atoms with Gasteiger partial charge in [0.25, 0.3) is 0 Å². The smallest absolute Gasteiger partial charge is 0.0688 e. The van der Waals surface area contributed by atoms with Crippen molar-refractivity contribution >= 4 is 28.4 Å². The van der Waals surface area contributed by atoms with E-state index in [0.29, 0.717) is 0 Å². The predicted octanol–water partition coefficient (Wildman–Crippen LogP) is 19.6. The van der Waals surface area contributed by atoms with Gasteiger partial charge in [-0.05, 0) is 245 Å². The lowest BCUT2D eigenvalue weighted by Gasteiger charge is -2.35. The van der Waals surface area contributed by atoms with Gasteiger partial charge in [0.15, 0.2) is 0 Å². The molecule has 0 amide bonds. The molecule has 0 saturated carbocycles. The first-order valence-electron chi connectivity index (χ1n) is 28.2. The van der Waals surface area contributed by atoms with Gasteiger partial charge in [-0.1, -0.05) is 157 Å². The molecule has 0 heterocycles. The summed E-state index contributed by atoms with van der Waals surface area (Å²) in [7, 11) is 0. The topological polar surface area (TPSA) is 6.48 Å². The fourth-order valence-electron chi connectivity index (χ4n) is 15.2. The summed E-state index contributed by atoms with van der Waals surface area (Å²) in [6.45, 7) is 6.97. The lowest BCUT2D eigenvalue weighted by molar-refractivity contribution is 0.729. The Morgan fingerprint density at radius 1 is 0.487 bits per heavy atom. The molecule has 0 saturated heterocycles. The summed E-state index contributed by atoms with van der Waals surface area (Å²) in [5, 5.41) is 0. The van der Waals surface area contributed by atoms with E-state index in [1.165, 1.54) is 106 Å². The van der Waals surface area contributed by atoms with Crippen LogP contribution in [0.25, 0.3) is 33.4 Å². The maximum Gasteiger partial charge on any atom is 0.0688 e. The van der Waals surface area contributed by atoms with E-state index in [4.69, 9.17) is 6.42 Å². The van der Waals surface area contributed by atoms with Crippen molar-refractivity contribution in [1.29, 1.82) is 0 Å². The van der Waals surface area contributed by atoms with Crippen molar-refractivity contribution in [3.8, 4) is 45.7 Å². The SMILES string of the molecule is C#C/C=C\C1=C(C)C2(C3=C1CCC(C)=C3)c1ccccc1-c1ccc(N(C3=CCCC=C3)c3ccc(-c4ccc(N(c5ccccc5)c5ccc6c(c5)C5(C7=C(CCC(C)=C7)C7=C5CC=C7)c5ccccc5-6)cc4)cc3)cc12. The van der Waals surface area contributed by atoms with Crippen molar-refractivity contribution in [2.75, 3.05) is 9.80 Å². The number of allylic oxidation sites excluding steroid dienone is 19. The van der Waals surface area contributed by atoms with Gasteiger partial charge in [0.1, 0.15) is 0 Å². The Morgan fingerprint density at radius 3 is 1.67 bits per heavy atom. The molecule has 2 nitrogen and oxygen atoms in total. The number of benzene rings is 7. The molecular weight excluding hydrogens is 941 g/mol. The van der Waals surface area contributed by atoms with E-state index in [2.05, 4.69) is 249 Å². The van der Waals surface area contributed by atoms with Crippen LogP contribution in [0.2, 0.25) is 0 Å². The van der Waals surface area contributed by atoms with Gasteiger partial charge in [-0.15, -0.1) is 6.42 Å². The van der Waals surface area contributed by atoms with Gasteiger partial charge in [-0.25, -0.2) is 0 Å². The third kappa shape index (κ3) is 6.58. The summed E-state index contributed by atoms with van der Waals surface area (Å²) < 4.78 is 0. The van der Waals surface area contributed by atoms with E-state index in [1.54, 1.807) is 11.1 Å². The summed E-state index contributed by atoms with van der Waals surface area (Å²) in [4.78, 5) is 4.91. The normalized spacial score (nSPS) is 20.9. The van der Waals surface area contributed by atoms with Gasteiger partial charge in [0, 0.05) is 34.1 Å². The first kappa shape index (κ1) is 46.4. The molecule has 0 radical (unpaired) electrons. The molecule has 0 N–H and O–H groups in total. The molecule has 0 fully saturated rings. The lowest BCUT2D eigenvalue weighted by atomic mass is 9.67. The standard InChI is InChI=1S/C76H60N2/c1-5-6-22-60-51(4)75(71-45-49(2)29-41-64(60)71)68-26-15-13-23-61(68)66-43-39-58(47-73(66)75)77(54-18-9-7-10-19-54)56-35-31-52(32-36-56)53-33-37-57(38-34-53)78(55-20-11-8-12-21-55)59-40-44-67-62-24-14-16-27-69(62)76(74(67)48-59)70-28-17-25-63(70)65-42-30-50(3)46-72(65)76/h1,6,8-9,11-27,31-40,43-48H,7,10,28-30,41-42H2,2-4H3/b22-6-. The zero-order valence-corrected chi connectivity index (χ0v) is 44.7. The first-order valence-corrected chi connectivity index (χ1v) is 28.2.